The molecular formula is C11H18N4OS. The molecule has 0 radical (unpaired) electrons. The van der Waals surface area contributed by atoms with Crippen molar-refractivity contribution < 1.29 is 4.79 Å². The van der Waals surface area contributed by atoms with Gasteiger partial charge >= 0.3 is 0 Å². The van der Waals surface area contributed by atoms with Gasteiger partial charge in [0.25, 0.3) is 0 Å². The molecule has 5 nitrogen and oxygen atoms in total. The van der Waals surface area contributed by atoms with Gasteiger partial charge in [-0.3, -0.25) is 4.79 Å². The average molecular weight is 254 g/mol. The van der Waals surface area contributed by atoms with E-state index in [0.29, 0.717) is 12.5 Å². The third kappa shape index (κ3) is 3.15. The van der Waals surface area contributed by atoms with E-state index in [4.69, 9.17) is 0 Å². The molecule has 94 valence electrons. The summed E-state index contributed by atoms with van der Waals surface area (Å²) in [6, 6.07) is 0.306. The number of anilines is 1. The van der Waals surface area contributed by atoms with Crippen LogP contribution in [0, 0.1) is 0 Å². The van der Waals surface area contributed by atoms with Crippen molar-refractivity contribution in [3.8, 4) is 0 Å². The number of amides is 1. The molecule has 1 amide bonds. The van der Waals surface area contributed by atoms with Crippen LogP contribution in [0.15, 0.2) is 0 Å². The molecule has 1 saturated heterocycles. The molecule has 1 aliphatic heterocycles. The van der Waals surface area contributed by atoms with Gasteiger partial charge in [0.15, 0.2) is 0 Å². The van der Waals surface area contributed by atoms with Gasteiger partial charge in [0.05, 0.1) is 0 Å². The molecule has 0 spiro atoms. The first kappa shape index (κ1) is 12.3. The number of rotatable bonds is 4. The van der Waals surface area contributed by atoms with Gasteiger partial charge in [-0.1, -0.05) is 18.3 Å². The number of aromatic nitrogens is 2. The minimum absolute atomic E-state index is 0.229. The molecule has 1 aliphatic rings. The second kappa shape index (κ2) is 5.44. The lowest BCUT2D eigenvalue weighted by Gasteiger charge is -2.29. The minimum Gasteiger partial charge on any atom is -0.356 e. The predicted molar refractivity (Wildman–Crippen MR) is 68.2 cm³/mol. The van der Waals surface area contributed by atoms with Gasteiger partial charge in [0.2, 0.25) is 11.0 Å². The smallest absolute Gasteiger partial charge is 0.222 e. The second-order valence-electron chi connectivity index (χ2n) is 4.41. The van der Waals surface area contributed by atoms with Crippen LogP contribution in [0.1, 0.15) is 31.2 Å². The number of aryl methyl sites for hydroxylation is 1. The van der Waals surface area contributed by atoms with E-state index in [1.807, 2.05) is 7.05 Å². The number of carbonyl (C=O) groups excluding carboxylic acids is 1. The van der Waals surface area contributed by atoms with Crippen LogP contribution in [-0.4, -0.2) is 40.6 Å². The Bertz CT molecular complexity index is 393. The summed E-state index contributed by atoms with van der Waals surface area (Å²) in [7, 11) is 1.85. The van der Waals surface area contributed by atoms with E-state index in [-0.39, 0.29) is 5.91 Å². The van der Waals surface area contributed by atoms with Crippen molar-refractivity contribution in [1.82, 2.24) is 15.1 Å². The van der Waals surface area contributed by atoms with Gasteiger partial charge in [-0.15, -0.1) is 10.2 Å². The average Bonchev–Trinajstić information content (AvgIpc) is 2.72. The minimum atomic E-state index is 0.229. The van der Waals surface area contributed by atoms with Crippen LogP contribution in [0.5, 0.6) is 0 Å². The van der Waals surface area contributed by atoms with Crippen LogP contribution in [0.3, 0.4) is 0 Å². The van der Waals surface area contributed by atoms with Gasteiger partial charge in [-0.25, -0.2) is 0 Å². The molecule has 0 aromatic carbocycles. The molecule has 0 bridgehead atoms. The number of nitrogens with zero attached hydrogens (tertiary/aromatic N) is 3. The van der Waals surface area contributed by atoms with Gasteiger partial charge < -0.3 is 10.2 Å². The Morgan fingerprint density at radius 3 is 3.06 bits per heavy atom. The van der Waals surface area contributed by atoms with Gasteiger partial charge in [0.1, 0.15) is 5.01 Å². The zero-order valence-electron chi connectivity index (χ0n) is 10.3. The fourth-order valence-corrected chi connectivity index (χ4v) is 2.85. The molecular weight excluding hydrogens is 236 g/mol. The van der Waals surface area contributed by atoms with E-state index >= 15 is 0 Å². The van der Waals surface area contributed by atoms with E-state index in [0.717, 1.165) is 35.9 Å². The molecule has 1 aromatic rings. The maximum atomic E-state index is 11.4. The van der Waals surface area contributed by atoms with Crippen molar-refractivity contribution in [3.05, 3.63) is 5.01 Å². The first-order valence-electron chi connectivity index (χ1n) is 6.02. The van der Waals surface area contributed by atoms with Crippen LogP contribution >= 0.6 is 11.3 Å². The van der Waals surface area contributed by atoms with Crippen molar-refractivity contribution in [2.24, 2.45) is 0 Å². The number of piperidine rings is 1. The number of likely N-dealkylation sites (N-methyl/N-ethyl adjacent to an activating group) is 1. The highest BCUT2D eigenvalue weighted by molar-refractivity contribution is 7.15. The topological polar surface area (TPSA) is 58.1 Å². The molecule has 1 fully saturated rings. The van der Waals surface area contributed by atoms with Crippen LogP contribution in [0.2, 0.25) is 0 Å². The lowest BCUT2D eigenvalue weighted by Crippen LogP contribution is -2.43. The van der Waals surface area contributed by atoms with Crippen molar-refractivity contribution >= 4 is 22.4 Å². The molecule has 2 rings (SSSR count). The zero-order chi connectivity index (χ0) is 12.3. The van der Waals surface area contributed by atoms with Crippen molar-refractivity contribution in [2.75, 3.05) is 18.9 Å². The lowest BCUT2D eigenvalue weighted by molar-refractivity contribution is -0.132. The van der Waals surface area contributed by atoms with E-state index in [1.165, 1.54) is 0 Å². The molecule has 0 aliphatic carbocycles. The molecule has 1 N–H and O–H groups in total. The summed E-state index contributed by atoms with van der Waals surface area (Å²) >= 11 is 1.62. The van der Waals surface area contributed by atoms with E-state index in [1.54, 1.807) is 16.2 Å². The van der Waals surface area contributed by atoms with Gasteiger partial charge in [-0.2, -0.15) is 0 Å². The number of likely N-dealkylation sites (tertiary alicyclic amines) is 1. The van der Waals surface area contributed by atoms with Crippen molar-refractivity contribution in [3.63, 3.8) is 0 Å². The maximum absolute atomic E-state index is 11.4. The quantitative estimate of drug-likeness (QED) is 0.885. The number of carbonyl (C=O) groups is 1. The summed E-state index contributed by atoms with van der Waals surface area (Å²) in [5.41, 5.74) is 0. The summed E-state index contributed by atoms with van der Waals surface area (Å²) in [6.07, 6.45) is 3.58. The Hall–Kier alpha value is -1.17. The van der Waals surface area contributed by atoms with Crippen LogP contribution < -0.4 is 5.32 Å². The summed E-state index contributed by atoms with van der Waals surface area (Å²) in [4.78, 5) is 13.1. The molecule has 0 saturated carbocycles. The first-order valence-corrected chi connectivity index (χ1v) is 6.83. The normalized spacial score (nSPS) is 20.7. The lowest BCUT2D eigenvalue weighted by atomic mass is 10.1. The Morgan fingerprint density at radius 1 is 1.53 bits per heavy atom. The van der Waals surface area contributed by atoms with Crippen LogP contribution in [0.25, 0.3) is 0 Å². The number of hydrogen-bond acceptors (Lipinski definition) is 5. The fourth-order valence-electron chi connectivity index (χ4n) is 1.93. The highest BCUT2D eigenvalue weighted by atomic mass is 32.1. The Labute approximate surface area is 105 Å². The Kier molecular flexibility index (Phi) is 3.93. The highest BCUT2D eigenvalue weighted by Gasteiger charge is 2.23. The number of hydrogen-bond donors (Lipinski definition) is 1. The fraction of sp³-hybridized carbons (Fsp3) is 0.727. The standard InChI is InChI=1S/C11H18N4OS/c1-3-4-9-13-14-11(17-9)12-8-5-6-10(16)15(2)7-8/h8H,3-7H2,1-2H3,(H,12,14). The van der Waals surface area contributed by atoms with Crippen LogP contribution in [0.4, 0.5) is 5.13 Å². The zero-order valence-corrected chi connectivity index (χ0v) is 11.1. The third-order valence-electron chi connectivity index (χ3n) is 2.88. The second-order valence-corrected chi connectivity index (χ2v) is 5.47. The summed E-state index contributed by atoms with van der Waals surface area (Å²) < 4.78 is 0. The Morgan fingerprint density at radius 2 is 2.35 bits per heavy atom. The predicted octanol–water partition coefficient (Wildman–Crippen LogP) is 1.52. The van der Waals surface area contributed by atoms with Crippen molar-refractivity contribution in [1.29, 1.82) is 0 Å². The molecule has 17 heavy (non-hydrogen) atoms. The monoisotopic (exact) mass is 254 g/mol. The van der Waals surface area contributed by atoms with Gasteiger partial charge in [-0.05, 0) is 12.8 Å². The molecule has 1 unspecified atom stereocenters. The largest absolute Gasteiger partial charge is 0.356 e. The molecule has 6 heteroatoms. The SMILES string of the molecule is CCCc1nnc(NC2CCC(=O)N(C)C2)s1. The molecule has 1 atom stereocenters. The molecule has 1 aromatic heterocycles. The van der Waals surface area contributed by atoms with Crippen molar-refractivity contribution in [2.45, 2.75) is 38.6 Å². The van der Waals surface area contributed by atoms with Crippen LogP contribution in [-0.2, 0) is 11.2 Å². The summed E-state index contributed by atoms with van der Waals surface area (Å²) in [5.74, 6) is 0.229. The number of nitrogens with one attached hydrogen (secondary N) is 1. The van der Waals surface area contributed by atoms with E-state index in [2.05, 4.69) is 22.4 Å². The maximum Gasteiger partial charge on any atom is 0.222 e. The highest BCUT2D eigenvalue weighted by Crippen LogP contribution is 2.20. The third-order valence-corrected chi connectivity index (χ3v) is 3.80. The van der Waals surface area contributed by atoms with E-state index < -0.39 is 0 Å². The summed E-state index contributed by atoms with van der Waals surface area (Å²) in [5, 5.41) is 13.6. The first-order chi connectivity index (χ1) is 8.19. The Balaban J connectivity index is 1.89. The molecule has 2 heterocycles. The van der Waals surface area contributed by atoms with Gasteiger partial charge in [0, 0.05) is 32.5 Å². The van der Waals surface area contributed by atoms with E-state index in [9.17, 15) is 4.79 Å². The summed E-state index contributed by atoms with van der Waals surface area (Å²) in [6.45, 7) is 2.89.